The minimum absolute atomic E-state index is 0. The summed E-state index contributed by atoms with van der Waals surface area (Å²) in [5.41, 5.74) is 0. The van der Waals surface area contributed by atoms with E-state index in [2.05, 4.69) is 23.2 Å². The van der Waals surface area contributed by atoms with Crippen molar-refractivity contribution in [3.8, 4) is 0 Å². The van der Waals surface area contributed by atoms with E-state index < -0.39 is 0 Å². The van der Waals surface area contributed by atoms with E-state index in [-0.39, 0.29) is 19.8 Å². The molecule has 0 bridgehead atoms. The standard InChI is InChI=1S/CHCl2.Ga.3H/c2-1-3;;;;/h1H;;;;. The van der Waals surface area contributed by atoms with Crippen LogP contribution in [0.2, 0.25) is 0 Å². The van der Waals surface area contributed by atoms with Gasteiger partial charge in [0.25, 0.3) is 0 Å². The summed E-state index contributed by atoms with van der Waals surface area (Å²) in [4.78, 5) is 0. The van der Waals surface area contributed by atoms with Crippen molar-refractivity contribution in [2.24, 2.45) is 0 Å². The normalized spacial score (nSPS) is 4.50. The van der Waals surface area contributed by atoms with Gasteiger partial charge in [0, 0.05) is 0 Å². The third-order valence-corrected chi connectivity index (χ3v) is 0. The van der Waals surface area contributed by atoms with Crippen molar-refractivity contribution in [1.29, 1.82) is 0 Å². The molecule has 1 radical (unpaired) electrons. The molecule has 0 saturated carbocycles. The zero-order valence-electron chi connectivity index (χ0n) is 1.33. The summed E-state index contributed by atoms with van der Waals surface area (Å²) in [6.07, 6.45) is 0. The van der Waals surface area contributed by atoms with Crippen LogP contribution in [0.5, 0.6) is 0 Å². The molecule has 0 aliphatic rings. The SMILES string of the molecule is Cl[CH]Cl.[GaH3]. The minimum atomic E-state index is 0. The molecule has 0 aromatic carbocycles. The first-order chi connectivity index (χ1) is 1.41. The summed E-state index contributed by atoms with van der Waals surface area (Å²) in [6, 6.07) is 0. The maximum atomic E-state index is 4.64. The second-order valence-electron chi connectivity index (χ2n) is 0.0825. The van der Waals surface area contributed by atoms with Gasteiger partial charge < -0.3 is 0 Å². The molecule has 0 rings (SSSR count). The van der Waals surface area contributed by atoms with Crippen LogP contribution in [0.25, 0.3) is 0 Å². The van der Waals surface area contributed by atoms with Gasteiger partial charge in [0.15, 0.2) is 0 Å². The molecule has 0 atom stereocenters. The third kappa shape index (κ3) is 10.7. The Balaban J connectivity index is 0. The summed E-state index contributed by atoms with van der Waals surface area (Å²) in [7, 11) is 0. The molecule has 0 amide bonds. The summed E-state index contributed by atoms with van der Waals surface area (Å²) in [6.45, 7) is 0. The van der Waals surface area contributed by atoms with Crippen LogP contribution in [0, 0.1) is 5.34 Å². The van der Waals surface area contributed by atoms with Crippen molar-refractivity contribution in [2.75, 3.05) is 0 Å². The molecule has 0 aromatic heterocycles. The van der Waals surface area contributed by atoms with Gasteiger partial charge in [-0.05, 0) is 0 Å². The van der Waals surface area contributed by atoms with E-state index in [0.29, 0.717) is 0 Å². The molecule has 0 aromatic rings. The van der Waals surface area contributed by atoms with E-state index in [9.17, 15) is 0 Å². The van der Waals surface area contributed by atoms with Crippen molar-refractivity contribution in [3.05, 3.63) is 5.34 Å². The molecule has 0 fully saturated rings. The summed E-state index contributed by atoms with van der Waals surface area (Å²) >= 11 is 9.28. The van der Waals surface area contributed by atoms with Crippen LogP contribution >= 0.6 is 23.2 Å². The van der Waals surface area contributed by atoms with E-state index in [0.717, 1.165) is 5.34 Å². The fraction of sp³-hybridized carbons (Fsp3) is 0. The molecule has 0 unspecified atom stereocenters. The van der Waals surface area contributed by atoms with Crippen molar-refractivity contribution in [3.63, 3.8) is 0 Å². The Hall–Kier alpha value is 1.22. The molecule has 3 heteroatoms. The summed E-state index contributed by atoms with van der Waals surface area (Å²) < 4.78 is 0. The van der Waals surface area contributed by atoms with Crippen molar-refractivity contribution >= 4 is 43.0 Å². The molecule has 0 nitrogen and oxygen atoms in total. The molecular weight excluding hydrogens is 153 g/mol. The quantitative estimate of drug-likeness (QED) is 0.446. The number of rotatable bonds is 0. The van der Waals surface area contributed by atoms with E-state index in [1.165, 1.54) is 0 Å². The van der Waals surface area contributed by atoms with Crippen LogP contribution in [0.1, 0.15) is 0 Å². The summed E-state index contributed by atoms with van der Waals surface area (Å²) in [5, 5.41) is 0.944. The molecule has 0 heterocycles. The first kappa shape index (κ1) is 8.96. The van der Waals surface area contributed by atoms with Crippen LogP contribution in [0.4, 0.5) is 0 Å². The van der Waals surface area contributed by atoms with Gasteiger partial charge in [-0.15, -0.1) is 23.2 Å². The zero-order chi connectivity index (χ0) is 2.71. The fourth-order valence-electron chi connectivity index (χ4n) is 0. The first-order valence-electron chi connectivity index (χ1n) is 0.436. The van der Waals surface area contributed by atoms with Crippen LogP contribution < -0.4 is 0 Å². The van der Waals surface area contributed by atoms with Crippen molar-refractivity contribution < 1.29 is 0 Å². The van der Waals surface area contributed by atoms with Crippen LogP contribution in [-0.2, 0) is 0 Å². The predicted octanol–water partition coefficient (Wildman–Crippen LogP) is 0.399. The van der Waals surface area contributed by atoms with Crippen molar-refractivity contribution in [1.82, 2.24) is 0 Å². The Morgan fingerprint density at radius 2 is 1.25 bits per heavy atom. The molecule has 0 aliphatic heterocycles. The average molecular weight is 157 g/mol. The van der Waals surface area contributed by atoms with E-state index in [1.54, 1.807) is 0 Å². The molecule has 25 valence electrons. The molecule has 0 N–H and O–H groups in total. The second-order valence-corrected chi connectivity index (χ2v) is 0.742. The van der Waals surface area contributed by atoms with Crippen LogP contribution in [0.15, 0.2) is 0 Å². The average Bonchev–Trinajstić information content (AvgIpc) is 0.918. The molecular formula is CH4Cl2Ga. The fourth-order valence-corrected chi connectivity index (χ4v) is 0. The Morgan fingerprint density at radius 3 is 1.25 bits per heavy atom. The van der Waals surface area contributed by atoms with Gasteiger partial charge in [-0.3, -0.25) is 0 Å². The second kappa shape index (κ2) is 8.88. The van der Waals surface area contributed by atoms with Gasteiger partial charge in [0.1, 0.15) is 5.34 Å². The van der Waals surface area contributed by atoms with Gasteiger partial charge in [-0.2, -0.15) is 0 Å². The molecule has 0 aliphatic carbocycles. The summed E-state index contributed by atoms with van der Waals surface area (Å²) in [5.74, 6) is 0. The van der Waals surface area contributed by atoms with Crippen LogP contribution in [-0.4, -0.2) is 19.8 Å². The van der Waals surface area contributed by atoms with Gasteiger partial charge in [-0.25, -0.2) is 0 Å². The van der Waals surface area contributed by atoms with Crippen molar-refractivity contribution in [2.45, 2.75) is 0 Å². The van der Waals surface area contributed by atoms with Gasteiger partial charge >= 0.3 is 19.8 Å². The Labute approximate surface area is 48.5 Å². The predicted molar refractivity (Wildman–Crippen MR) is 25.9 cm³/mol. The molecule has 0 saturated heterocycles. The van der Waals surface area contributed by atoms with Gasteiger partial charge in [-0.1, -0.05) is 0 Å². The Kier molecular flexibility index (Phi) is 19.9. The van der Waals surface area contributed by atoms with E-state index in [4.69, 9.17) is 0 Å². The number of hydrogen-bond acceptors (Lipinski definition) is 0. The van der Waals surface area contributed by atoms with Gasteiger partial charge in [0.05, 0.1) is 0 Å². The third-order valence-electron chi connectivity index (χ3n) is 0. The number of hydrogen-bond donors (Lipinski definition) is 0. The maximum absolute atomic E-state index is 4.64. The van der Waals surface area contributed by atoms with Crippen LogP contribution in [0.3, 0.4) is 0 Å². The van der Waals surface area contributed by atoms with E-state index >= 15 is 0 Å². The molecule has 4 heavy (non-hydrogen) atoms. The van der Waals surface area contributed by atoms with Gasteiger partial charge in [0.2, 0.25) is 0 Å². The first-order valence-corrected chi connectivity index (χ1v) is 1.31. The Morgan fingerprint density at radius 1 is 1.25 bits per heavy atom. The molecule has 0 spiro atoms. The topological polar surface area (TPSA) is 0 Å². The van der Waals surface area contributed by atoms with E-state index in [1.807, 2.05) is 0 Å². The number of halogens is 2. The Bertz CT molecular complexity index is 6.00. The zero-order valence-corrected chi connectivity index (χ0v) is 2.85. The monoisotopic (exact) mass is 155 g/mol.